The number of nitrogens with zero attached hydrogens (tertiary/aromatic N) is 1. The highest BCUT2D eigenvalue weighted by Gasteiger charge is 2.11. The third-order valence-electron chi connectivity index (χ3n) is 2.75. The molecule has 0 aliphatic rings. The molecular formula is C14H17N3O3. The minimum Gasteiger partial charge on any atom is -0.497 e. The Balaban J connectivity index is 2.13. The molecule has 2 rings (SSSR count). The number of aliphatic hydroxyl groups excluding tert-OH is 1. The molecule has 0 saturated carbocycles. The van der Waals surface area contributed by atoms with Crippen molar-refractivity contribution in [2.45, 2.75) is 13.0 Å². The number of aromatic amines is 1. The molecule has 3 N–H and O–H groups in total. The first-order chi connectivity index (χ1) is 9.60. The second-order valence-electron chi connectivity index (χ2n) is 4.46. The van der Waals surface area contributed by atoms with Crippen LogP contribution >= 0.6 is 0 Å². The third-order valence-corrected chi connectivity index (χ3v) is 2.75. The van der Waals surface area contributed by atoms with E-state index in [1.807, 2.05) is 24.3 Å². The standard InChI is InChI=1S/C14H17N3O3/c1-9(18)8-15-14(19)13-7-12(16-17-13)10-4-3-5-11(6-10)20-2/h3-7,9,18H,8H2,1-2H3,(H,15,19)(H,16,17). The lowest BCUT2D eigenvalue weighted by Gasteiger charge is -2.04. The average Bonchev–Trinajstić information content (AvgIpc) is 2.94. The minimum absolute atomic E-state index is 0.201. The van der Waals surface area contributed by atoms with E-state index in [2.05, 4.69) is 15.5 Å². The molecule has 0 radical (unpaired) electrons. The van der Waals surface area contributed by atoms with Crippen molar-refractivity contribution in [1.82, 2.24) is 15.5 Å². The zero-order valence-electron chi connectivity index (χ0n) is 11.4. The number of amides is 1. The fraction of sp³-hybridized carbons (Fsp3) is 0.286. The van der Waals surface area contributed by atoms with Gasteiger partial charge in [0.15, 0.2) is 0 Å². The maximum absolute atomic E-state index is 11.8. The normalized spacial score (nSPS) is 11.9. The second kappa shape index (κ2) is 6.21. The SMILES string of the molecule is COc1cccc(-c2cc(C(=O)NCC(C)O)[nH]n2)c1. The fourth-order valence-electron chi connectivity index (χ4n) is 1.70. The summed E-state index contributed by atoms with van der Waals surface area (Å²) in [6, 6.07) is 9.08. The number of ether oxygens (including phenoxy) is 1. The molecule has 6 heteroatoms. The topological polar surface area (TPSA) is 87.2 Å². The van der Waals surface area contributed by atoms with Gasteiger partial charge in [-0.1, -0.05) is 12.1 Å². The Bertz CT molecular complexity index is 593. The van der Waals surface area contributed by atoms with Gasteiger partial charge >= 0.3 is 0 Å². The van der Waals surface area contributed by atoms with Crippen LogP contribution in [0.1, 0.15) is 17.4 Å². The predicted molar refractivity (Wildman–Crippen MR) is 74.6 cm³/mol. The monoisotopic (exact) mass is 275 g/mol. The van der Waals surface area contributed by atoms with Gasteiger partial charge < -0.3 is 15.2 Å². The first kappa shape index (κ1) is 14.1. The van der Waals surface area contributed by atoms with Crippen molar-refractivity contribution in [3.05, 3.63) is 36.0 Å². The van der Waals surface area contributed by atoms with Crippen LogP contribution in [-0.4, -0.2) is 41.0 Å². The molecule has 1 unspecified atom stereocenters. The van der Waals surface area contributed by atoms with Crippen LogP contribution in [0.25, 0.3) is 11.3 Å². The Morgan fingerprint density at radius 1 is 1.50 bits per heavy atom. The van der Waals surface area contributed by atoms with E-state index in [9.17, 15) is 4.79 Å². The molecule has 106 valence electrons. The maximum atomic E-state index is 11.8. The molecule has 2 aromatic rings. The highest BCUT2D eigenvalue weighted by molar-refractivity contribution is 5.93. The van der Waals surface area contributed by atoms with Crippen molar-refractivity contribution in [3.8, 4) is 17.0 Å². The molecule has 1 aromatic carbocycles. The first-order valence-electron chi connectivity index (χ1n) is 6.26. The molecular weight excluding hydrogens is 258 g/mol. The van der Waals surface area contributed by atoms with Gasteiger partial charge in [0.1, 0.15) is 11.4 Å². The van der Waals surface area contributed by atoms with E-state index in [-0.39, 0.29) is 12.5 Å². The lowest BCUT2D eigenvalue weighted by atomic mass is 10.1. The molecule has 0 aliphatic carbocycles. The van der Waals surface area contributed by atoms with Crippen LogP contribution in [0.5, 0.6) is 5.75 Å². The number of hydrogen-bond donors (Lipinski definition) is 3. The van der Waals surface area contributed by atoms with Gasteiger partial charge in [-0.15, -0.1) is 0 Å². The Labute approximate surface area is 116 Å². The van der Waals surface area contributed by atoms with E-state index >= 15 is 0 Å². The second-order valence-corrected chi connectivity index (χ2v) is 4.46. The number of carbonyl (C=O) groups excluding carboxylic acids is 1. The Kier molecular flexibility index (Phi) is 4.37. The summed E-state index contributed by atoms with van der Waals surface area (Å²) >= 11 is 0. The zero-order valence-corrected chi connectivity index (χ0v) is 11.4. The first-order valence-corrected chi connectivity index (χ1v) is 6.26. The zero-order chi connectivity index (χ0) is 14.5. The van der Waals surface area contributed by atoms with Gasteiger partial charge in [-0.3, -0.25) is 9.89 Å². The van der Waals surface area contributed by atoms with E-state index < -0.39 is 6.10 Å². The van der Waals surface area contributed by atoms with Gasteiger partial charge in [-0.25, -0.2) is 0 Å². The highest BCUT2D eigenvalue weighted by atomic mass is 16.5. The van der Waals surface area contributed by atoms with Crippen LogP contribution in [0.4, 0.5) is 0 Å². The molecule has 0 fully saturated rings. The summed E-state index contributed by atoms with van der Waals surface area (Å²) in [5, 5.41) is 18.5. The lowest BCUT2D eigenvalue weighted by molar-refractivity contribution is 0.0919. The maximum Gasteiger partial charge on any atom is 0.269 e. The number of carbonyl (C=O) groups is 1. The number of nitrogens with one attached hydrogen (secondary N) is 2. The van der Waals surface area contributed by atoms with Crippen LogP contribution in [-0.2, 0) is 0 Å². The summed E-state index contributed by atoms with van der Waals surface area (Å²) in [5.41, 5.74) is 1.87. The molecule has 1 atom stereocenters. The third kappa shape index (κ3) is 3.36. The van der Waals surface area contributed by atoms with Crippen molar-refractivity contribution in [3.63, 3.8) is 0 Å². The number of aromatic nitrogens is 2. The Morgan fingerprint density at radius 2 is 2.30 bits per heavy atom. The summed E-state index contributed by atoms with van der Waals surface area (Å²) in [6.45, 7) is 1.81. The minimum atomic E-state index is -0.584. The molecule has 1 aromatic heterocycles. The van der Waals surface area contributed by atoms with E-state index in [4.69, 9.17) is 9.84 Å². The molecule has 1 heterocycles. The van der Waals surface area contributed by atoms with Crippen LogP contribution < -0.4 is 10.1 Å². The molecule has 6 nitrogen and oxygen atoms in total. The molecule has 0 saturated heterocycles. The van der Waals surface area contributed by atoms with Crippen LogP contribution in [0, 0.1) is 0 Å². The molecule has 0 spiro atoms. The van der Waals surface area contributed by atoms with E-state index in [1.165, 1.54) is 0 Å². The summed E-state index contributed by atoms with van der Waals surface area (Å²) in [4.78, 5) is 11.8. The summed E-state index contributed by atoms with van der Waals surface area (Å²) in [5.74, 6) is 0.429. The largest absolute Gasteiger partial charge is 0.497 e. The van der Waals surface area contributed by atoms with Crippen LogP contribution in [0.3, 0.4) is 0 Å². The number of hydrogen-bond acceptors (Lipinski definition) is 4. The smallest absolute Gasteiger partial charge is 0.269 e. The van der Waals surface area contributed by atoms with Crippen molar-refractivity contribution in [2.75, 3.05) is 13.7 Å². The van der Waals surface area contributed by atoms with Crippen molar-refractivity contribution in [1.29, 1.82) is 0 Å². The van der Waals surface area contributed by atoms with Gasteiger partial charge in [0.2, 0.25) is 0 Å². The number of H-pyrrole nitrogens is 1. The van der Waals surface area contributed by atoms with Gasteiger partial charge in [0.05, 0.1) is 18.9 Å². The number of benzene rings is 1. The Hall–Kier alpha value is -2.34. The van der Waals surface area contributed by atoms with E-state index in [1.54, 1.807) is 20.1 Å². The van der Waals surface area contributed by atoms with E-state index in [0.29, 0.717) is 11.4 Å². The molecule has 0 aliphatic heterocycles. The van der Waals surface area contributed by atoms with E-state index in [0.717, 1.165) is 11.3 Å². The summed E-state index contributed by atoms with van der Waals surface area (Å²) < 4.78 is 5.15. The summed E-state index contributed by atoms with van der Waals surface area (Å²) in [6.07, 6.45) is -0.584. The number of methoxy groups -OCH3 is 1. The van der Waals surface area contributed by atoms with Gasteiger partial charge in [0, 0.05) is 12.1 Å². The van der Waals surface area contributed by atoms with Gasteiger partial charge in [0.25, 0.3) is 5.91 Å². The molecule has 20 heavy (non-hydrogen) atoms. The number of aliphatic hydroxyl groups is 1. The van der Waals surface area contributed by atoms with Crippen molar-refractivity contribution in [2.24, 2.45) is 0 Å². The fourth-order valence-corrected chi connectivity index (χ4v) is 1.70. The Morgan fingerprint density at radius 3 is 3.00 bits per heavy atom. The number of rotatable bonds is 5. The molecule has 0 bridgehead atoms. The van der Waals surface area contributed by atoms with Gasteiger partial charge in [-0.2, -0.15) is 5.10 Å². The quantitative estimate of drug-likeness (QED) is 0.765. The lowest BCUT2D eigenvalue weighted by Crippen LogP contribution is -2.30. The van der Waals surface area contributed by atoms with Crippen molar-refractivity contribution >= 4 is 5.91 Å². The van der Waals surface area contributed by atoms with Crippen molar-refractivity contribution < 1.29 is 14.6 Å². The van der Waals surface area contributed by atoms with Crippen LogP contribution in [0.15, 0.2) is 30.3 Å². The van der Waals surface area contributed by atoms with Crippen LogP contribution in [0.2, 0.25) is 0 Å². The average molecular weight is 275 g/mol. The predicted octanol–water partition coefficient (Wildman–Crippen LogP) is 1.20. The highest BCUT2D eigenvalue weighted by Crippen LogP contribution is 2.22. The van der Waals surface area contributed by atoms with Gasteiger partial charge in [-0.05, 0) is 25.1 Å². The molecule has 1 amide bonds. The summed E-state index contributed by atoms with van der Waals surface area (Å²) in [7, 11) is 1.60.